The fraction of sp³-hybridized carbons (Fsp3) is 0.400. The molecule has 1 aliphatic carbocycles. The molecule has 2 aromatic heterocycles. The molecule has 33 heavy (non-hydrogen) atoms. The summed E-state index contributed by atoms with van der Waals surface area (Å²) >= 11 is 3.26. The molecule has 0 fully saturated rings. The molecule has 0 spiro atoms. The number of carbonyl (C=O) groups excluding carboxylic acids is 2. The number of carbonyl (C=O) groups is 2. The topological polar surface area (TPSA) is 65.5 Å². The van der Waals surface area contributed by atoms with E-state index in [1.54, 1.807) is 27.6 Å². The van der Waals surface area contributed by atoms with Crippen molar-refractivity contribution in [3.63, 3.8) is 0 Å². The zero-order valence-electron chi connectivity index (χ0n) is 19.0. The van der Waals surface area contributed by atoms with Crippen LogP contribution in [0.4, 0.5) is 5.13 Å². The van der Waals surface area contributed by atoms with Gasteiger partial charge in [-0.2, -0.15) is 0 Å². The van der Waals surface area contributed by atoms with Crippen LogP contribution in [0.1, 0.15) is 40.8 Å². The Morgan fingerprint density at radius 2 is 1.88 bits per heavy atom. The number of aromatic nitrogens is 1. The van der Waals surface area contributed by atoms with Crippen LogP contribution in [-0.4, -0.2) is 41.3 Å². The van der Waals surface area contributed by atoms with E-state index in [0.717, 1.165) is 40.5 Å². The Morgan fingerprint density at radius 3 is 2.61 bits per heavy atom. The average molecular weight is 483 g/mol. The number of hydrogen-bond donors (Lipinski definition) is 1. The zero-order valence-corrected chi connectivity index (χ0v) is 20.6. The first-order valence-corrected chi connectivity index (χ1v) is 13.2. The van der Waals surface area contributed by atoms with Crippen LogP contribution in [-0.2, 0) is 35.5 Å². The van der Waals surface area contributed by atoms with Crippen molar-refractivity contribution >= 4 is 39.6 Å². The number of anilines is 1. The lowest BCUT2D eigenvalue weighted by atomic mass is 10.0. The molecule has 1 aliphatic rings. The summed E-state index contributed by atoms with van der Waals surface area (Å²) in [5, 5.41) is 5.72. The standard InChI is InChI=1S/C25H30N4O2S2/c1-2-28(17-23(30)26-15-20-11-8-14-32-20)18-24(31)29(16-19-9-4-3-5-10-19)25-27-21-12-6-7-13-22(21)33-25/h3-5,8-11,14H,2,6-7,12-13,15-18H2,1H3,(H,26,30). The molecular weight excluding hydrogens is 452 g/mol. The quantitative estimate of drug-likeness (QED) is 0.469. The van der Waals surface area contributed by atoms with Gasteiger partial charge in [0, 0.05) is 9.75 Å². The number of aryl methyl sites for hydroxylation is 2. The maximum absolute atomic E-state index is 13.5. The van der Waals surface area contributed by atoms with E-state index < -0.39 is 0 Å². The number of nitrogens with one attached hydrogen (secondary N) is 1. The first-order chi connectivity index (χ1) is 16.1. The molecule has 0 saturated heterocycles. The third-order valence-electron chi connectivity index (χ3n) is 5.76. The summed E-state index contributed by atoms with van der Waals surface area (Å²) < 4.78 is 0. The van der Waals surface area contributed by atoms with Crippen molar-refractivity contribution in [1.82, 2.24) is 15.2 Å². The SMILES string of the molecule is CCN(CC(=O)NCc1cccs1)CC(=O)N(Cc1ccccc1)c1nc2c(s1)CCCC2. The smallest absolute Gasteiger partial charge is 0.243 e. The van der Waals surface area contributed by atoms with Gasteiger partial charge in [-0.1, -0.05) is 43.3 Å². The number of benzene rings is 1. The molecule has 0 unspecified atom stereocenters. The van der Waals surface area contributed by atoms with E-state index >= 15 is 0 Å². The molecular formula is C25H30N4O2S2. The summed E-state index contributed by atoms with van der Waals surface area (Å²) in [6.45, 7) is 3.97. The van der Waals surface area contributed by atoms with E-state index in [4.69, 9.17) is 4.98 Å². The van der Waals surface area contributed by atoms with E-state index in [1.807, 2.05) is 59.7 Å². The van der Waals surface area contributed by atoms with Crippen molar-refractivity contribution in [2.45, 2.75) is 45.7 Å². The summed E-state index contributed by atoms with van der Waals surface area (Å²) in [5.41, 5.74) is 2.21. The molecule has 1 N–H and O–H groups in total. The molecule has 6 nitrogen and oxygen atoms in total. The Morgan fingerprint density at radius 1 is 1.06 bits per heavy atom. The average Bonchev–Trinajstić information content (AvgIpc) is 3.51. The molecule has 0 bridgehead atoms. The predicted octanol–water partition coefficient (Wildman–Crippen LogP) is 4.25. The monoisotopic (exact) mass is 482 g/mol. The molecule has 0 saturated carbocycles. The second-order valence-electron chi connectivity index (χ2n) is 8.20. The number of likely N-dealkylation sites (N-methyl/N-ethyl adjacent to an activating group) is 1. The van der Waals surface area contributed by atoms with Gasteiger partial charge in [-0.05, 0) is 49.2 Å². The highest BCUT2D eigenvalue weighted by atomic mass is 32.1. The Balaban J connectivity index is 1.44. The molecule has 3 aromatic rings. The second kappa shape index (κ2) is 11.5. The highest BCUT2D eigenvalue weighted by Crippen LogP contribution is 2.32. The summed E-state index contributed by atoms with van der Waals surface area (Å²) in [6.07, 6.45) is 4.38. The largest absolute Gasteiger partial charge is 0.350 e. The summed E-state index contributed by atoms with van der Waals surface area (Å²) in [5.74, 6) is -0.102. The minimum absolute atomic E-state index is 0.0298. The Hall–Kier alpha value is -2.55. The van der Waals surface area contributed by atoms with E-state index in [-0.39, 0.29) is 24.9 Å². The highest BCUT2D eigenvalue weighted by molar-refractivity contribution is 7.16. The molecule has 1 aromatic carbocycles. The summed E-state index contributed by atoms with van der Waals surface area (Å²) in [6, 6.07) is 14.0. The Kier molecular flexibility index (Phi) is 8.25. The molecule has 4 rings (SSSR count). The zero-order chi connectivity index (χ0) is 23.0. The minimum Gasteiger partial charge on any atom is -0.350 e. The predicted molar refractivity (Wildman–Crippen MR) is 135 cm³/mol. The number of nitrogens with zero attached hydrogens (tertiary/aromatic N) is 3. The maximum atomic E-state index is 13.5. The fourth-order valence-corrected chi connectivity index (χ4v) is 5.71. The van der Waals surface area contributed by atoms with Gasteiger partial charge < -0.3 is 5.32 Å². The Labute approximate surface area is 203 Å². The number of amides is 2. The van der Waals surface area contributed by atoms with Gasteiger partial charge in [0.1, 0.15) is 0 Å². The summed E-state index contributed by atoms with van der Waals surface area (Å²) in [4.78, 5) is 36.9. The van der Waals surface area contributed by atoms with Crippen molar-refractivity contribution in [3.8, 4) is 0 Å². The first-order valence-electron chi connectivity index (χ1n) is 11.5. The van der Waals surface area contributed by atoms with Crippen molar-refractivity contribution in [2.75, 3.05) is 24.5 Å². The van der Waals surface area contributed by atoms with Gasteiger partial charge in [0.2, 0.25) is 11.8 Å². The van der Waals surface area contributed by atoms with Gasteiger partial charge >= 0.3 is 0 Å². The van der Waals surface area contributed by atoms with Crippen molar-refractivity contribution in [3.05, 3.63) is 68.9 Å². The second-order valence-corrected chi connectivity index (χ2v) is 10.3. The van der Waals surface area contributed by atoms with Gasteiger partial charge in [0.05, 0.1) is 31.9 Å². The lowest BCUT2D eigenvalue weighted by molar-refractivity contribution is -0.124. The first kappa shape index (κ1) is 23.6. The van der Waals surface area contributed by atoms with E-state index in [2.05, 4.69) is 5.32 Å². The molecule has 0 radical (unpaired) electrons. The van der Waals surface area contributed by atoms with Gasteiger partial charge in [-0.15, -0.1) is 22.7 Å². The van der Waals surface area contributed by atoms with Gasteiger partial charge in [-0.25, -0.2) is 4.98 Å². The molecule has 0 aliphatic heterocycles. The van der Waals surface area contributed by atoms with Crippen LogP contribution in [0.25, 0.3) is 0 Å². The van der Waals surface area contributed by atoms with Crippen molar-refractivity contribution in [1.29, 1.82) is 0 Å². The van der Waals surface area contributed by atoms with Crippen LogP contribution in [0.15, 0.2) is 47.8 Å². The third-order valence-corrected chi connectivity index (χ3v) is 7.82. The molecule has 8 heteroatoms. The molecule has 2 amide bonds. The number of thiazole rings is 1. The molecule has 0 atom stereocenters. The number of hydrogen-bond acceptors (Lipinski definition) is 6. The molecule has 2 heterocycles. The summed E-state index contributed by atoms with van der Waals surface area (Å²) in [7, 11) is 0. The fourth-order valence-electron chi connectivity index (χ4n) is 3.90. The van der Waals surface area contributed by atoms with Crippen molar-refractivity contribution in [2.24, 2.45) is 0 Å². The Bertz CT molecular complexity index is 1030. The van der Waals surface area contributed by atoms with E-state index in [9.17, 15) is 9.59 Å². The van der Waals surface area contributed by atoms with Gasteiger partial charge in [-0.3, -0.25) is 19.4 Å². The maximum Gasteiger partial charge on any atom is 0.243 e. The number of thiophene rings is 1. The highest BCUT2D eigenvalue weighted by Gasteiger charge is 2.25. The van der Waals surface area contributed by atoms with Gasteiger partial charge in [0.25, 0.3) is 0 Å². The van der Waals surface area contributed by atoms with Crippen LogP contribution >= 0.6 is 22.7 Å². The van der Waals surface area contributed by atoms with E-state index in [0.29, 0.717) is 19.6 Å². The third kappa shape index (κ3) is 6.50. The number of fused-ring (bicyclic) bond motifs is 1. The number of rotatable bonds is 10. The van der Waals surface area contributed by atoms with Crippen LogP contribution in [0, 0.1) is 0 Å². The normalized spacial score (nSPS) is 13.0. The minimum atomic E-state index is -0.0719. The van der Waals surface area contributed by atoms with Crippen LogP contribution in [0.3, 0.4) is 0 Å². The van der Waals surface area contributed by atoms with Crippen LogP contribution in [0.2, 0.25) is 0 Å². The van der Waals surface area contributed by atoms with Gasteiger partial charge in [0.15, 0.2) is 5.13 Å². The lowest BCUT2D eigenvalue weighted by Gasteiger charge is -2.25. The van der Waals surface area contributed by atoms with Crippen LogP contribution in [0.5, 0.6) is 0 Å². The molecule has 174 valence electrons. The lowest BCUT2D eigenvalue weighted by Crippen LogP contribution is -2.44. The van der Waals surface area contributed by atoms with Crippen LogP contribution < -0.4 is 10.2 Å². The van der Waals surface area contributed by atoms with E-state index in [1.165, 1.54) is 11.3 Å². The van der Waals surface area contributed by atoms with Crippen molar-refractivity contribution < 1.29 is 9.59 Å².